The molecule has 0 spiro atoms. The molecule has 2 heteroatoms. The number of rotatable bonds is 5. The Bertz CT molecular complexity index is 54.9. The van der Waals surface area contributed by atoms with E-state index in [1.54, 1.807) is 0 Å². The standard InChI is InChI=1S/C7H19NSi/c1-4-5-6-8-7-9(2)3/h8-9H,4-7H2,1-3H3. The molecule has 0 aliphatic rings. The smallest absolute Gasteiger partial charge is 0.0466 e. The Kier molecular flexibility index (Phi) is 6.42. The SMILES string of the molecule is CCCCNC[SiH](C)C. The zero-order chi connectivity index (χ0) is 7.11. The van der Waals surface area contributed by atoms with Gasteiger partial charge in [-0.1, -0.05) is 26.4 Å². The van der Waals surface area contributed by atoms with Crippen molar-refractivity contribution in [2.45, 2.75) is 32.9 Å². The van der Waals surface area contributed by atoms with Gasteiger partial charge in [-0.3, -0.25) is 0 Å². The van der Waals surface area contributed by atoms with E-state index in [4.69, 9.17) is 0 Å². The lowest BCUT2D eigenvalue weighted by Gasteiger charge is -2.03. The third-order valence-corrected chi connectivity index (χ3v) is 2.36. The van der Waals surface area contributed by atoms with Gasteiger partial charge in [0.15, 0.2) is 0 Å². The molecule has 0 aliphatic carbocycles. The minimum absolute atomic E-state index is 0.324. The van der Waals surface area contributed by atoms with E-state index in [0.29, 0.717) is 0 Å². The highest BCUT2D eigenvalue weighted by molar-refractivity contribution is 6.55. The van der Waals surface area contributed by atoms with Crippen molar-refractivity contribution in [3.05, 3.63) is 0 Å². The van der Waals surface area contributed by atoms with E-state index >= 15 is 0 Å². The first kappa shape index (κ1) is 9.18. The lowest BCUT2D eigenvalue weighted by Crippen LogP contribution is -2.26. The molecule has 0 saturated heterocycles. The van der Waals surface area contributed by atoms with Crippen molar-refractivity contribution in [1.82, 2.24) is 5.32 Å². The van der Waals surface area contributed by atoms with Crippen LogP contribution in [0.3, 0.4) is 0 Å². The minimum atomic E-state index is -0.324. The predicted octanol–water partition coefficient (Wildman–Crippen LogP) is 1.40. The molecule has 0 bridgehead atoms. The summed E-state index contributed by atoms with van der Waals surface area (Å²) in [4.78, 5) is 0. The van der Waals surface area contributed by atoms with E-state index in [1.807, 2.05) is 0 Å². The number of hydrogen-bond donors (Lipinski definition) is 1. The van der Waals surface area contributed by atoms with E-state index in [9.17, 15) is 0 Å². The van der Waals surface area contributed by atoms with Crippen molar-refractivity contribution in [3.8, 4) is 0 Å². The van der Waals surface area contributed by atoms with Crippen LogP contribution in [-0.2, 0) is 0 Å². The molecule has 0 rings (SSSR count). The Labute approximate surface area is 60.5 Å². The summed E-state index contributed by atoms with van der Waals surface area (Å²) >= 11 is 0. The minimum Gasteiger partial charge on any atom is -0.320 e. The second-order valence-electron chi connectivity index (χ2n) is 2.95. The summed E-state index contributed by atoms with van der Waals surface area (Å²) in [6, 6.07) is 0. The van der Waals surface area contributed by atoms with Gasteiger partial charge in [0.05, 0.1) is 0 Å². The van der Waals surface area contributed by atoms with Crippen molar-refractivity contribution in [2.75, 3.05) is 12.7 Å². The van der Waals surface area contributed by atoms with Crippen molar-refractivity contribution in [1.29, 1.82) is 0 Å². The maximum absolute atomic E-state index is 3.45. The fourth-order valence-corrected chi connectivity index (χ4v) is 1.47. The van der Waals surface area contributed by atoms with Crippen LogP contribution in [0.5, 0.6) is 0 Å². The molecule has 0 aromatic rings. The van der Waals surface area contributed by atoms with Crippen molar-refractivity contribution >= 4 is 8.80 Å². The molecule has 0 fully saturated rings. The molecule has 0 radical (unpaired) electrons. The third kappa shape index (κ3) is 8.18. The van der Waals surface area contributed by atoms with Gasteiger partial charge in [0, 0.05) is 8.80 Å². The Hall–Kier alpha value is 0.177. The van der Waals surface area contributed by atoms with Gasteiger partial charge >= 0.3 is 0 Å². The summed E-state index contributed by atoms with van der Waals surface area (Å²) in [6.07, 6.45) is 3.95. The maximum atomic E-state index is 3.45. The van der Waals surface area contributed by atoms with Crippen LogP contribution in [-0.4, -0.2) is 21.5 Å². The largest absolute Gasteiger partial charge is 0.320 e. The lowest BCUT2D eigenvalue weighted by molar-refractivity contribution is 0.693. The first-order valence-electron chi connectivity index (χ1n) is 3.98. The van der Waals surface area contributed by atoms with Crippen LogP contribution < -0.4 is 5.32 Å². The van der Waals surface area contributed by atoms with Gasteiger partial charge in [0.1, 0.15) is 0 Å². The Balaban J connectivity index is 2.75. The van der Waals surface area contributed by atoms with Crippen LogP contribution in [0.15, 0.2) is 0 Å². The Morgan fingerprint density at radius 1 is 1.33 bits per heavy atom. The first-order valence-corrected chi connectivity index (χ1v) is 7.10. The van der Waals surface area contributed by atoms with E-state index in [2.05, 4.69) is 25.3 Å². The summed E-state index contributed by atoms with van der Waals surface area (Å²) in [5.41, 5.74) is 0. The van der Waals surface area contributed by atoms with Crippen LogP contribution in [0.2, 0.25) is 13.1 Å². The molecular formula is C7H19NSi. The van der Waals surface area contributed by atoms with Gasteiger partial charge in [-0.2, -0.15) is 0 Å². The summed E-state index contributed by atoms with van der Waals surface area (Å²) in [6.45, 7) is 8.20. The van der Waals surface area contributed by atoms with E-state index in [-0.39, 0.29) is 8.80 Å². The van der Waals surface area contributed by atoms with E-state index < -0.39 is 0 Å². The molecule has 0 amide bonds. The molecule has 0 unspecified atom stereocenters. The van der Waals surface area contributed by atoms with Gasteiger partial charge in [-0.05, 0) is 19.1 Å². The summed E-state index contributed by atoms with van der Waals surface area (Å²) < 4.78 is 0. The molecule has 0 saturated carbocycles. The van der Waals surface area contributed by atoms with Crippen LogP contribution in [0.25, 0.3) is 0 Å². The summed E-state index contributed by atoms with van der Waals surface area (Å²) in [5, 5.41) is 3.45. The number of unbranched alkanes of at least 4 members (excludes halogenated alkanes) is 1. The van der Waals surface area contributed by atoms with Gasteiger partial charge in [0.25, 0.3) is 0 Å². The topological polar surface area (TPSA) is 12.0 Å². The van der Waals surface area contributed by atoms with Crippen molar-refractivity contribution in [2.24, 2.45) is 0 Å². The third-order valence-electron chi connectivity index (χ3n) is 1.26. The normalized spacial score (nSPS) is 10.7. The van der Waals surface area contributed by atoms with Crippen LogP contribution in [0.4, 0.5) is 0 Å². The Morgan fingerprint density at radius 2 is 2.00 bits per heavy atom. The Morgan fingerprint density at radius 3 is 2.44 bits per heavy atom. The molecule has 0 aromatic heterocycles. The van der Waals surface area contributed by atoms with Crippen molar-refractivity contribution < 1.29 is 0 Å². The van der Waals surface area contributed by atoms with Gasteiger partial charge in [-0.25, -0.2) is 0 Å². The monoisotopic (exact) mass is 145 g/mol. The number of nitrogens with one attached hydrogen (secondary N) is 1. The zero-order valence-corrected chi connectivity index (χ0v) is 8.06. The summed E-state index contributed by atoms with van der Waals surface area (Å²) in [7, 11) is -0.324. The quantitative estimate of drug-likeness (QED) is 0.455. The highest BCUT2D eigenvalue weighted by Crippen LogP contribution is 1.82. The lowest BCUT2D eigenvalue weighted by atomic mass is 10.3. The molecule has 0 heterocycles. The average Bonchev–Trinajstić information content (AvgIpc) is 1.80. The van der Waals surface area contributed by atoms with Gasteiger partial charge in [0.2, 0.25) is 0 Å². The molecule has 0 atom stereocenters. The van der Waals surface area contributed by atoms with Crippen molar-refractivity contribution in [3.63, 3.8) is 0 Å². The molecule has 0 aromatic carbocycles. The molecule has 0 aliphatic heterocycles. The van der Waals surface area contributed by atoms with Gasteiger partial charge < -0.3 is 5.32 Å². The average molecular weight is 145 g/mol. The van der Waals surface area contributed by atoms with Crippen LogP contribution in [0.1, 0.15) is 19.8 Å². The maximum Gasteiger partial charge on any atom is 0.0466 e. The fraction of sp³-hybridized carbons (Fsp3) is 1.00. The molecule has 9 heavy (non-hydrogen) atoms. The highest BCUT2D eigenvalue weighted by atomic mass is 28.3. The van der Waals surface area contributed by atoms with Crippen LogP contribution >= 0.6 is 0 Å². The second kappa shape index (κ2) is 6.30. The summed E-state index contributed by atoms with van der Waals surface area (Å²) in [5.74, 6) is 0. The van der Waals surface area contributed by atoms with Crippen LogP contribution in [0, 0.1) is 0 Å². The van der Waals surface area contributed by atoms with E-state index in [1.165, 1.54) is 25.6 Å². The number of hydrogen-bond acceptors (Lipinski definition) is 1. The van der Waals surface area contributed by atoms with E-state index in [0.717, 1.165) is 0 Å². The molecule has 1 nitrogen and oxygen atoms in total. The first-order chi connectivity index (χ1) is 4.27. The molecule has 1 N–H and O–H groups in total. The van der Waals surface area contributed by atoms with Gasteiger partial charge in [-0.15, -0.1) is 0 Å². The fourth-order valence-electron chi connectivity index (χ4n) is 0.693. The zero-order valence-electron chi connectivity index (χ0n) is 6.91. The highest BCUT2D eigenvalue weighted by Gasteiger charge is 1.91. The second-order valence-corrected chi connectivity index (χ2v) is 6.15. The predicted molar refractivity (Wildman–Crippen MR) is 46.7 cm³/mol. The molecule has 56 valence electrons. The molecular weight excluding hydrogens is 126 g/mol.